The lowest BCUT2D eigenvalue weighted by Gasteiger charge is -2.27. The molecule has 1 aromatic rings. The van der Waals surface area contributed by atoms with E-state index in [1.165, 1.54) is 0 Å². The standard InChI is InChI=1S/C13H19BrN2O/c1-10-11(13(17)3-2-12(10)14)4-7-16-8-5-15-6-9-16/h2-3,15,17H,4-9H2,1H3. The van der Waals surface area contributed by atoms with Crippen LogP contribution in [0.5, 0.6) is 5.75 Å². The Kier molecular flexibility index (Phi) is 4.42. The van der Waals surface area contributed by atoms with E-state index in [9.17, 15) is 5.11 Å². The molecule has 0 unspecified atom stereocenters. The minimum absolute atomic E-state index is 0.417. The quantitative estimate of drug-likeness (QED) is 0.895. The molecule has 0 spiro atoms. The Morgan fingerprint density at radius 3 is 2.76 bits per heavy atom. The lowest BCUT2D eigenvalue weighted by atomic mass is 10.0. The van der Waals surface area contributed by atoms with Crippen LogP contribution in [0.1, 0.15) is 11.1 Å². The van der Waals surface area contributed by atoms with Crippen molar-refractivity contribution in [1.82, 2.24) is 10.2 Å². The maximum atomic E-state index is 9.89. The second kappa shape index (κ2) is 5.85. The number of aromatic hydroxyl groups is 1. The molecule has 3 nitrogen and oxygen atoms in total. The lowest BCUT2D eigenvalue weighted by molar-refractivity contribution is 0.243. The number of hydrogen-bond donors (Lipinski definition) is 2. The average Bonchev–Trinajstić information content (AvgIpc) is 2.35. The zero-order valence-corrected chi connectivity index (χ0v) is 11.8. The molecule has 4 heteroatoms. The van der Waals surface area contributed by atoms with E-state index in [1.807, 2.05) is 6.07 Å². The van der Waals surface area contributed by atoms with E-state index < -0.39 is 0 Å². The molecule has 0 radical (unpaired) electrons. The highest BCUT2D eigenvalue weighted by molar-refractivity contribution is 9.10. The fourth-order valence-electron chi connectivity index (χ4n) is 2.23. The molecule has 0 aliphatic carbocycles. The maximum absolute atomic E-state index is 9.89. The summed E-state index contributed by atoms with van der Waals surface area (Å²) < 4.78 is 1.07. The van der Waals surface area contributed by atoms with Gasteiger partial charge in [-0.3, -0.25) is 0 Å². The first-order valence-electron chi connectivity index (χ1n) is 6.08. The minimum Gasteiger partial charge on any atom is -0.508 e. The van der Waals surface area contributed by atoms with Crippen molar-refractivity contribution in [3.63, 3.8) is 0 Å². The van der Waals surface area contributed by atoms with Crippen LogP contribution in [0.15, 0.2) is 16.6 Å². The van der Waals surface area contributed by atoms with Gasteiger partial charge in [0.1, 0.15) is 5.75 Å². The molecule has 0 saturated carbocycles. The summed E-state index contributed by atoms with van der Waals surface area (Å²) in [5.41, 5.74) is 2.22. The molecule has 1 saturated heterocycles. The summed E-state index contributed by atoms with van der Waals surface area (Å²) in [4.78, 5) is 2.44. The number of benzene rings is 1. The molecule has 1 aliphatic heterocycles. The van der Waals surface area contributed by atoms with Gasteiger partial charge in [-0.2, -0.15) is 0 Å². The van der Waals surface area contributed by atoms with E-state index in [0.717, 1.165) is 54.7 Å². The first-order valence-corrected chi connectivity index (χ1v) is 6.88. The van der Waals surface area contributed by atoms with Crippen LogP contribution >= 0.6 is 15.9 Å². The molecule has 17 heavy (non-hydrogen) atoms. The van der Waals surface area contributed by atoms with Gasteiger partial charge in [-0.1, -0.05) is 15.9 Å². The van der Waals surface area contributed by atoms with Crippen LogP contribution in [-0.2, 0) is 6.42 Å². The van der Waals surface area contributed by atoms with Crippen LogP contribution in [0.4, 0.5) is 0 Å². The fraction of sp³-hybridized carbons (Fsp3) is 0.538. The smallest absolute Gasteiger partial charge is 0.119 e. The number of piperazine rings is 1. The third-order valence-corrected chi connectivity index (χ3v) is 4.25. The van der Waals surface area contributed by atoms with Crippen molar-refractivity contribution in [2.45, 2.75) is 13.3 Å². The summed E-state index contributed by atoms with van der Waals surface area (Å²) in [5, 5.41) is 13.2. The summed E-state index contributed by atoms with van der Waals surface area (Å²) in [5.74, 6) is 0.417. The Morgan fingerprint density at radius 2 is 2.06 bits per heavy atom. The lowest BCUT2D eigenvalue weighted by Crippen LogP contribution is -2.44. The van der Waals surface area contributed by atoms with Gasteiger partial charge in [0.2, 0.25) is 0 Å². The Balaban J connectivity index is 2.00. The van der Waals surface area contributed by atoms with Crippen LogP contribution in [0.3, 0.4) is 0 Å². The highest BCUT2D eigenvalue weighted by atomic mass is 79.9. The summed E-state index contributed by atoms with van der Waals surface area (Å²) in [6.07, 6.45) is 0.914. The van der Waals surface area contributed by atoms with Gasteiger partial charge in [0.15, 0.2) is 0 Å². The number of halogens is 1. The van der Waals surface area contributed by atoms with E-state index in [1.54, 1.807) is 6.07 Å². The zero-order chi connectivity index (χ0) is 12.3. The number of nitrogens with zero attached hydrogens (tertiary/aromatic N) is 1. The predicted octanol–water partition coefficient (Wildman–Crippen LogP) is 1.91. The third-order valence-electron chi connectivity index (χ3n) is 3.40. The molecule has 1 heterocycles. The van der Waals surface area contributed by atoms with E-state index in [2.05, 4.69) is 33.1 Å². The number of nitrogens with one attached hydrogen (secondary N) is 1. The van der Waals surface area contributed by atoms with Gasteiger partial charge in [-0.15, -0.1) is 0 Å². The normalized spacial score (nSPS) is 17.3. The molecular formula is C13H19BrN2O. The molecular weight excluding hydrogens is 280 g/mol. The van der Waals surface area contributed by atoms with Crippen LogP contribution in [0.25, 0.3) is 0 Å². The topological polar surface area (TPSA) is 35.5 Å². The highest BCUT2D eigenvalue weighted by Gasteiger charge is 2.12. The van der Waals surface area contributed by atoms with Crippen molar-refractivity contribution in [3.8, 4) is 5.75 Å². The summed E-state index contributed by atoms with van der Waals surface area (Å²) >= 11 is 3.51. The van der Waals surface area contributed by atoms with Crippen LogP contribution < -0.4 is 5.32 Å². The Bertz CT molecular complexity index is 389. The maximum Gasteiger partial charge on any atom is 0.119 e. The van der Waals surface area contributed by atoms with Gasteiger partial charge < -0.3 is 15.3 Å². The summed E-state index contributed by atoms with van der Waals surface area (Å²) in [6, 6.07) is 3.67. The van der Waals surface area contributed by atoms with E-state index in [4.69, 9.17) is 0 Å². The van der Waals surface area contributed by atoms with E-state index >= 15 is 0 Å². The van der Waals surface area contributed by atoms with Gasteiger partial charge in [0, 0.05) is 37.2 Å². The van der Waals surface area contributed by atoms with Crippen LogP contribution in [-0.4, -0.2) is 42.7 Å². The largest absolute Gasteiger partial charge is 0.508 e. The third kappa shape index (κ3) is 3.21. The van der Waals surface area contributed by atoms with Crippen LogP contribution in [0.2, 0.25) is 0 Å². The van der Waals surface area contributed by atoms with Crippen molar-refractivity contribution < 1.29 is 5.11 Å². The van der Waals surface area contributed by atoms with Crippen molar-refractivity contribution in [2.75, 3.05) is 32.7 Å². The molecule has 1 aliphatic rings. The Labute approximate surface area is 111 Å². The van der Waals surface area contributed by atoms with Gasteiger partial charge >= 0.3 is 0 Å². The molecule has 0 atom stereocenters. The van der Waals surface area contributed by atoms with Crippen molar-refractivity contribution >= 4 is 15.9 Å². The molecule has 0 aromatic heterocycles. The Hall–Kier alpha value is -0.580. The van der Waals surface area contributed by atoms with E-state index in [0.29, 0.717) is 5.75 Å². The average molecular weight is 299 g/mol. The highest BCUT2D eigenvalue weighted by Crippen LogP contribution is 2.28. The minimum atomic E-state index is 0.417. The molecule has 1 fully saturated rings. The molecule has 1 aromatic carbocycles. The Morgan fingerprint density at radius 1 is 1.35 bits per heavy atom. The van der Waals surface area contributed by atoms with Gasteiger partial charge in [-0.25, -0.2) is 0 Å². The zero-order valence-electron chi connectivity index (χ0n) is 10.2. The molecule has 94 valence electrons. The van der Waals surface area contributed by atoms with E-state index in [-0.39, 0.29) is 0 Å². The second-order valence-corrected chi connectivity index (χ2v) is 5.37. The van der Waals surface area contributed by atoms with Gasteiger partial charge in [0.25, 0.3) is 0 Å². The van der Waals surface area contributed by atoms with Crippen LogP contribution in [0, 0.1) is 6.92 Å². The molecule has 2 N–H and O–H groups in total. The first kappa shape index (κ1) is 12.9. The van der Waals surface area contributed by atoms with Crippen molar-refractivity contribution in [1.29, 1.82) is 0 Å². The SMILES string of the molecule is Cc1c(Br)ccc(O)c1CCN1CCNCC1. The molecule has 0 bridgehead atoms. The number of phenols is 1. The van der Waals surface area contributed by atoms with Crippen molar-refractivity contribution in [3.05, 3.63) is 27.7 Å². The first-order chi connectivity index (χ1) is 8.18. The molecule has 0 amide bonds. The number of rotatable bonds is 3. The monoisotopic (exact) mass is 298 g/mol. The summed E-state index contributed by atoms with van der Waals surface area (Å²) in [6.45, 7) is 7.43. The second-order valence-electron chi connectivity index (χ2n) is 4.51. The van der Waals surface area contributed by atoms with Crippen molar-refractivity contribution in [2.24, 2.45) is 0 Å². The predicted molar refractivity (Wildman–Crippen MR) is 73.6 cm³/mol. The number of phenolic OH excluding ortho intramolecular Hbond substituents is 1. The number of hydrogen-bond acceptors (Lipinski definition) is 3. The summed E-state index contributed by atoms with van der Waals surface area (Å²) in [7, 11) is 0. The van der Waals surface area contributed by atoms with Gasteiger partial charge in [-0.05, 0) is 36.6 Å². The molecule has 2 rings (SSSR count). The van der Waals surface area contributed by atoms with Gasteiger partial charge in [0.05, 0.1) is 0 Å². The fourth-order valence-corrected chi connectivity index (χ4v) is 2.61.